The average Bonchev–Trinajstić information content (AvgIpc) is 2.48. The summed E-state index contributed by atoms with van der Waals surface area (Å²) in [5.74, 6) is 0.101. The first-order valence-corrected chi connectivity index (χ1v) is 6.87. The molecule has 0 spiro atoms. The van der Waals surface area contributed by atoms with E-state index in [2.05, 4.69) is 0 Å². The van der Waals surface area contributed by atoms with E-state index < -0.39 is 5.97 Å². The zero-order chi connectivity index (χ0) is 15.2. The molecule has 2 rings (SSSR count). The molecule has 0 bridgehead atoms. The van der Waals surface area contributed by atoms with Crippen LogP contribution in [0.4, 0.5) is 5.69 Å². The molecule has 0 radical (unpaired) electrons. The first-order chi connectivity index (χ1) is 10.1. The summed E-state index contributed by atoms with van der Waals surface area (Å²) in [6.07, 6.45) is 0. The molecule has 5 heteroatoms. The number of hydrogen-bond acceptors (Lipinski definition) is 4. The maximum Gasteiger partial charge on any atom is 0.340 e. The van der Waals surface area contributed by atoms with Crippen LogP contribution < -0.4 is 10.5 Å². The van der Waals surface area contributed by atoms with Gasteiger partial charge in [0.05, 0.1) is 10.6 Å². The third-order valence-electron chi connectivity index (χ3n) is 2.95. The van der Waals surface area contributed by atoms with Crippen LogP contribution in [0.1, 0.15) is 15.9 Å². The highest BCUT2D eigenvalue weighted by atomic mass is 35.5. The number of carbonyl (C=O) groups is 1. The Balaban J connectivity index is 1.85. The quantitative estimate of drug-likeness (QED) is 0.522. The summed E-state index contributed by atoms with van der Waals surface area (Å²) in [5, 5.41) is 0.520. The van der Waals surface area contributed by atoms with E-state index in [1.54, 1.807) is 24.3 Å². The number of carbonyl (C=O) groups excluding carboxylic acids is 1. The maximum atomic E-state index is 11.9. The van der Waals surface area contributed by atoms with Crippen LogP contribution in [0.25, 0.3) is 0 Å². The van der Waals surface area contributed by atoms with Crippen molar-refractivity contribution < 1.29 is 14.3 Å². The molecule has 110 valence electrons. The van der Waals surface area contributed by atoms with E-state index in [9.17, 15) is 4.79 Å². The molecule has 0 saturated carbocycles. The van der Waals surface area contributed by atoms with Crippen LogP contribution in [-0.2, 0) is 4.74 Å². The minimum absolute atomic E-state index is 0.122. The lowest BCUT2D eigenvalue weighted by Gasteiger charge is -2.10. The topological polar surface area (TPSA) is 61.5 Å². The fourth-order valence-electron chi connectivity index (χ4n) is 1.78. The zero-order valence-electron chi connectivity index (χ0n) is 11.6. The van der Waals surface area contributed by atoms with Gasteiger partial charge in [0.25, 0.3) is 0 Å². The molecule has 0 saturated heterocycles. The Labute approximate surface area is 128 Å². The van der Waals surface area contributed by atoms with Crippen LogP contribution in [0, 0.1) is 6.92 Å². The Morgan fingerprint density at radius 2 is 1.90 bits per heavy atom. The zero-order valence-corrected chi connectivity index (χ0v) is 12.4. The predicted octanol–water partition coefficient (Wildman–Crippen LogP) is 3.47. The normalized spacial score (nSPS) is 10.2. The van der Waals surface area contributed by atoms with Crippen LogP contribution in [-0.4, -0.2) is 19.2 Å². The lowest BCUT2D eigenvalue weighted by molar-refractivity contribution is 0.0451. The summed E-state index contributed by atoms with van der Waals surface area (Å²) < 4.78 is 10.6. The van der Waals surface area contributed by atoms with Crippen LogP contribution in [0.5, 0.6) is 5.75 Å². The number of nitrogen functional groups attached to an aromatic ring is 1. The standard InChI is InChI=1S/C16H16ClNO3/c1-11-5-4-6-12(15(11)18)16(19)21-10-9-20-14-8-3-2-7-13(14)17/h2-8H,9-10,18H2,1H3. The number of benzene rings is 2. The molecule has 21 heavy (non-hydrogen) atoms. The third-order valence-corrected chi connectivity index (χ3v) is 3.27. The van der Waals surface area contributed by atoms with E-state index in [-0.39, 0.29) is 13.2 Å². The SMILES string of the molecule is Cc1cccc(C(=O)OCCOc2ccccc2Cl)c1N. The number of hydrogen-bond donors (Lipinski definition) is 1. The molecule has 4 nitrogen and oxygen atoms in total. The number of para-hydroxylation sites is 2. The van der Waals surface area contributed by atoms with Gasteiger partial charge in [0, 0.05) is 5.69 Å². The van der Waals surface area contributed by atoms with Crippen molar-refractivity contribution in [3.63, 3.8) is 0 Å². The van der Waals surface area contributed by atoms with Crippen molar-refractivity contribution in [2.75, 3.05) is 18.9 Å². The summed E-state index contributed by atoms with van der Waals surface area (Å²) in [6, 6.07) is 12.4. The van der Waals surface area contributed by atoms with Crippen molar-refractivity contribution >= 4 is 23.3 Å². The fourth-order valence-corrected chi connectivity index (χ4v) is 1.97. The fraction of sp³-hybridized carbons (Fsp3) is 0.188. The van der Waals surface area contributed by atoms with Gasteiger partial charge >= 0.3 is 5.97 Å². The smallest absolute Gasteiger partial charge is 0.340 e. The third kappa shape index (κ3) is 3.89. The first kappa shape index (κ1) is 15.2. The van der Waals surface area contributed by atoms with Crippen molar-refractivity contribution in [1.82, 2.24) is 0 Å². The summed E-state index contributed by atoms with van der Waals surface area (Å²) in [7, 11) is 0. The van der Waals surface area contributed by atoms with Gasteiger partial charge in [-0.05, 0) is 30.7 Å². The molecule has 0 heterocycles. The number of esters is 1. The van der Waals surface area contributed by atoms with Crippen molar-refractivity contribution in [3.05, 3.63) is 58.6 Å². The molecule has 0 aromatic heterocycles. The van der Waals surface area contributed by atoms with Gasteiger partial charge in [-0.2, -0.15) is 0 Å². The second kappa shape index (κ2) is 6.99. The molecule has 0 atom stereocenters. The van der Waals surface area contributed by atoms with Crippen LogP contribution in [0.15, 0.2) is 42.5 Å². The monoisotopic (exact) mass is 305 g/mol. The molecular weight excluding hydrogens is 290 g/mol. The minimum atomic E-state index is -0.459. The van der Waals surface area contributed by atoms with Gasteiger partial charge in [-0.3, -0.25) is 0 Å². The summed E-state index contributed by atoms with van der Waals surface area (Å²) in [5.41, 5.74) is 7.50. The van der Waals surface area contributed by atoms with Gasteiger partial charge in [0.2, 0.25) is 0 Å². The van der Waals surface area contributed by atoms with E-state index in [1.807, 2.05) is 25.1 Å². The van der Waals surface area contributed by atoms with Crippen LogP contribution in [0.3, 0.4) is 0 Å². The van der Waals surface area contributed by atoms with Gasteiger partial charge in [-0.15, -0.1) is 0 Å². The Morgan fingerprint density at radius 3 is 2.67 bits per heavy atom. The molecule has 0 aliphatic carbocycles. The van der Waals surface area contributed by atoms with E-state index in [0.29, 0.717) is 22.0 Å². The number of halogens is 1. The first-order valence-electron chi connectivity index (χ1n) is 6.49. The number of nitrogens with two attached hydrogens (primary N) is 1. The average molecular weight is 306 g/mol. The second-order valence-corrected chi connectivity index (χ2v) is 4.86. The van der Waals surface area contributed by atoms with Gasteiger partial charge in [-0.1, -0.05) is 35.9 Å². The summed E-state index contributed by atoms with van der Waals surface area (Å²) >= 11 is 5.95. The van der Waals surface area contributed by atoms with E-state index in [0.717, 1.165) is 5.56 Å². The van der Waals surface area contributed by atoms with Crippen molar-refractivity contribution in [1.29, 1.82) is 0 Å². The molecule has 2 aromatic carbocycles. The van der Waals surface area contributed by atoms with E-state index >= 15 is 0 Å². The largest absolute Gasteiger partial charge is 0.488 e. The summed E-state index contributed by atoms with van der Waals surface area (Å²) in [4.78, 5) is 11.9. The number of anilines is 1. The highest BCUT2D eigenvalue weighted by Crippen LogP contribution is 2.23. The van der Waals surface area contributed by atoms with Crippen LogP contribution >= 0.6 is 11.6 Å². The van der Waals surface area contributed by atoms with Crippen molar-refractivity contribution in [2.24, 2.45) is 0 Å². The van der Waals surface area contributed by atoms with Crippen LogP contribution in [0.2, 0.25) is 5.02 Å². The van der Waals surface area contributed by atoms with E-state index in [1.165, 1.54) is 0 Å². The van der Waals surface area contributed by atoms with Gasteiger partial charge in [-0.25, -0.2) is 4.79 Å². The highest BCUT2D eigenvalue weighted by molar-refractivity contribution is 6.32. The Bertz CT molecular complexity index is 643. The number of ether oxygens (including phenoxy) is 2. The van der Waals surface area contributed by atoms with Gasteiger partial charge in [0.15, 0.2) is 0 Å². The molecule has 2 N–H and O–H groups in total. The van der Waals surface area contributed by atoms with Gasteiger partial charge in [0.1, 0.15) is 19.0 Å². The Morgan fingerprint density at radius 1 is 1.14 bits per heavy atom. The Kier molecular flexibility index (Phi) is 5.06. The second-order valence-electron chi connectivity index (χ2n) is 4.45. The van der Waals surface area contributed by atoms with E-state index in [4.69, 9.17) is 26.8 Å². The maximum absolute atomic E-state index is 11.9. The predicted molar refractivity (Wildman–Crippen MR) is 82.8 cm³/mol. The number of aryl methyl sites for hydroxylation is 1. The number of rotatable bonds is 5. The molecule has 0 unspecified atom stereocenters. The van der Waals surface area contributed by atoms with Gasteiger partial charge < -0.3 is 15.2 Å². The Hall–Kier alpha value is -2.20. The lowest BCUT2D eigenvalue weighted by atomic mass is 10.1. The lowest BCUT2D eigenvalue weighted by Crippen LogP contribution is -2.14. The van der Waals surface area contributed by atoms with Crippen molar-refractivity contribution in [2.45, 2.75) is 6.92 Å². The molecule has 2 aromatic rings. The molecule has 0 aliphatic heterocycles. The highest BCUT2D eigenvalue weighted by Gasteiger charge is 2.12. The minimum Gasteiger partial charge on any atom is -0.488 e. The molecular formula is C16H16ClNO3. The molecule has 0 fully saturated rings. The summed E-state index contributed by atoms with van der Waals surface area (Å²) in [6.45, 7) is 2.19. The van der Waals surface area contributed by atoms with Crippen molar-refractivity contribution in [3.8, 4) is 5.75 Å². The molecule has 0 aliphatic rings. The molecule has 0 amide bonds.